The van der Waals surface area contributed by atoms with Crippen molar-refractivity contribution in [2.45, 2.75) is 25.6 Å². The molecule has 6 unspecified atom stereocenters. The van der Waals surface area contributed by atoms with Crippen LogP contribution in [0.3, 0.4) is 0 Å². The number of esters is 3. The third-order valence-corrected chi connectivity index (χ3v) is 4.73. The average molecular weight is 310 g/mol. The monoisotopic (exact) mass is 310 g/mol. The normalized spacial score (nSPS) is 37.8. The molecule has 2 bridgehead atoms. The molecule has 0 aromatic carbocycles. The SMILES string of the molecule is C=C(C)C(=O)OC1C2CC3C1OC(=O)C3C2C(=O)OCOC. The minimum absolute atomic E-state index is 0.0967. The molecule has 1 heterocycles. The van der Waals surface area contributed by atoms with Gasteiger partial charge in [-0.3, -0.25) is 9.59 Å². The maximum atomic E-state index is 12.2. The van der Waals surface area contributed by atoms with Gasteiger partial charge in [-0.25, -0.2) is 4.79 Å². The second-order valence-electron chi connectivity index (χ2n) is 6.04. The zero-order chi connectivity index (χ0) is 16.0. The van der Waals surface area contributed by atoms with E-state index in [4.69, 9.17) is 18.9 Å². The lowest BCUT2D eigenvalue weighted by Gasteiger charge is -2.30. The summed E-state index contributed by atoms with van der Waals surface area (Å²) in [6.45, 7) is 4.91. The lowest BCUT2D eigenvalue weighted by Crippen LogP contribution is -2.43. The van der Waals surface area contributed by atoms with Crippen LogP contribution in [0.4, 0.5) is 0 Å². The number of methoxy groups -OCH3 is 1. The van der Waals surface area contributed by atoms with Crippen molar-refractivity contribution < 1.29 is 33.3 Å². The minimum atomic E-state index is -0.644. The maximum Gasteiger partial charge on any atom is 0.333 e. The summed E-state index contributed by atoms with van der Waals surface area (Å²) in [7, 11) is 1.41. The van der Waals surface area contributed by atoms with Crippen molar-refractivity contribution in [3.63, 3.8) is 0 Å². The van der Waals surface area contributed by atoms with E-state index in [9.17, 15) is 14.4 Å². The van der Waals surface area contributed by atoms with Gasteiger partial charge in [0.1, 0.15) is 12.2 Å². The molecular formula is C15H18O7. The van der Waals surface area contributed by atoms with Crippen LogP contribution in [-0.2, 0) is 33.3 Å². The Labute approximate surface area is 127 Å². The first-order chi connectivity index (χ1) is 10.5. The smallest absolute Gasteiger partial charge is 0.333 e. The molecule has 2 aliphatic carbocycles. The van der Waals surface area contributed by atoms with E-state index in [0.29, 0.717) is 6.42 Å². The summed E-state index contributed by atoms with van der Waals surface area (Å²) in [6.07, 6.45) is -0.462. The molecule has 0 aromatic rings. The number of ether oxygens (including phenoxy) is 4. The molecule has 0 N–H and O–H groups in total. The third kappa shape index (κ3) is 2.11. The number of fused-ring (bicyclic) bond motifs is 1. The highest BCUT2D eigenvalue weighted by molar-refractivity contribution is 5.88. The molecule has 0 spiro atoms. The summed E-state index contributed by atoms with van der Waals surface area (Å²) >= 11 is 0. The fourth-order valence-corrected chi connectivity index (χ4v) is 3.91. The van der Waals surface area contributed by atoms with E-state index in [1.54, 1.807) is 6.92 Å². The van der Waals surface area contributed by atoms with Gasteiger partial charge in [-0.15, -0.1) is 0 Å². The lowest BCUT2D eigenvalue weighted by molar-refractivity contribution is -0.169. The van der Waals surface area contributed by atoms with E-state index >= 15 is 0 Å². The molecule has 6 atom stereocenters. The minimum Gasteiger partial charge on any atom is -0.458 e. The van der Waals surface area contributed by atoms with E-state index in [-0.39, 0.29) is 24.2 Å². The van der Waals surface area contributed by atoms with Crippen LogP contribution < -0.4 is 0 Å². The molecule has 0 radical (unpaired) electrons. The highest BCUT2D eigenvalue weighted by atomic mass is 16.7. The van der Waals surface area contributed by atoms with Crippen LogP contribution in [0.5, 0.6) is 0 Å². The van der Waals surface area contributed by atoms with Gasteiger partial charge < -0.3 is 18.9 Å². The van der Waals surface area contributed by atoms with Crippen molar-refractivity contribution in [3.05, 3.63) is 12.2 Å². The van der Waals surface area contributed by atoms with Crippen LogP contribution in [0.25, 0.3) is 0 Å². The van der Waals surface area contributed by atoms with Gasteiger partial charge in [0, 0.05) is 24.5 Å². The van der Waals surface area contributed by atoms with Gasteiger partial charge in [0.05, 0.1) is 11.8 Å². The Morgan fingerprint density at radius 2 is 2.09 bits per heavy atom. The summed E-state index contributed by atoms with van der Waals surface area (Å²) in [5, 5.41) is 0. The van der Waals surface area contributed by atoms with E-state index < -0.39 is 42.0 Å². The van der Waals surface area contributed by atoms with E-state index in [2.05, 4.69) is 6.58 Å². The third-order valence-electron chi connectivity index (χ3n) is 4.73. The summed E-state index contributed by atoms with van der Waals surface area (Å²) in [4.78, 5) is 36.0. The number of hydrogen-bond acceptors (Lipinski definition) is 7. The molecule has 2 saturated carbocycles. The van der Waals surface area contributed by atoms with Gasteiger partial charge in [-0.05, 0) is 13.3 Å². The van der Waals surface area contributed by atoms with Gasteiger partial charge in [0.2, 0.25) is 0 Å². The fourth-order valence-electron chi connectivity index (χ4n) is 3.91. The fraction of sp³-hybridized carbons (Fsp3) is 0.667. The Bertz CT molecular complexity index is 540. The van der Waals surface area contributed by atoms with E-state index in [1.807, 2.05) is 0 Å². The first-order valence-electron chi connectivity index (χ1n) is 7.18. The highest BCUT2D eigenvalue weighted by Gasteiger charge is 2.70. The number of hydrogen-bond donors (Lipinski definition) is 0. The zero-order valence-corrected chi connectivity index (χ0v) is 12.4. The molecule has 3 rings (SSSR count). The van der Waals surface area contributed by atoms with E-state index in [1.165, 1.54) is 7.11 Å². The molecule has 7 nitrogen and oxygen atoms in total. The molecule has 1 aliphatic heterocycles. The lowest BCUT2D eigenvalue weighted by atomic mass is 9.78. The Hall–Kier alpha value is -1.89. The van der Waals surface area contributed by atoms with Crippen molar-refractivity contribution in [2.24, 2.45) is 23.7 Å². The van der Waals surface area contributed by atoms with Crippen molar-refractivity contribution in [1.82, 2.24) is 0 Å². The number of carbonyl (C=O) groups excluding carboxylic acids is 3. The van der Waals surface area contributed by atoms with E-state index in [0.717, 1.165) is 0 Å². The van der Waals surface area contributed by atoms with Gasteiger partial charge >= 0.3 is 17.9 Å². The van der Waals surface area contributed by atoms with Crippen LogP contribution in [0, 0.1) is 23.7 Å². The van der Waals surface area contributed by atoms with Crippen molar-refractivity contribution in [3.8, 4) is 0 Å². The van der Waals surface area contributed by atoms with Gasteiger partial charge in [0.25, 0.3) is 0 Å². The molecule has 22 heavy (non-hydrogen) atoms. The highest BCUT2D eigenvalue weighted by Crippen LogP contribution is 2.59. The van der Waals surface area contributed by atoms with Gasteiger partial charge in [0.15, 0.2) is 6.79 Å². The molecule has 1 saturated heterocycles. The van der Waals surface area contributed by atoms with Crippen LogP contribution in [0.15, 0.2) is 12.2 Å². The topological polar surface area (TPSA) is 88.1 Å². The second-order valence-corrected chi connectivity index (χ2v) is 6.04. The van der Waals surface area contributed by atoms with Crippen molar-refractivity contribution >= 4 is 17.9 Å². The van der Waals surface area contributed by atoms with Crippen LogP contribution in [0.2, 0.25) is 0 Å². The van der Waals surface area contributed by atoms with Crippen LogP contribution in [-0.4, -0.2) is 44.0 Å². The molecule has 3 fully saturated rings. The van der Waals surface area contributed by atoms with Gasteiger partial charge in [-0.2, -0.15) is 0 Å². The molecule has 0 amide bonds. The molecule has 120 valence electrons. The Balaban J connectivity index is 1.81. The Kier molecular flexibility index (Phi) is 3.68. The quantitative estimate of drug-likeness (QED) is 0.315. The molecule has 3 aliphatic rings. The summed E-state index contributed by atoms with van der Waals surface area (Å²) in [5.74, 6) is -2.96. The molecular weight excluding hydrogens is 292 g/mol. The van der Waals surface area contributed by atoms with Crippen molar-refractivity contribution in [2.75, 3.05) is 13.9 Å². The largest absolute Gasteiger partial charge is 0.458 e. The Morgan fingerprint density at radius 3 is 2.73 bits per heavy atom. The molecule has 7 heteroatoms. The average Bonchev–Trinajstić information content (AvgIpc) is 3.07. The van der Waals surface area contributed by atoms with Crippen LogP contribution >= 0.6 is 0 Å². The van der Waals surface area contributed by atoms with Crippen LogP contribution in [0.1, 0.15) is 13.3 Å². The predicted octanol–water partition coefficient (Wildman–Crippen LogP) is 0.429. The van der Waals surface area contributed by atoms with Gasteiger partial charge in [-0.1, -0.05) is 6.58 Å². The van der Waals surface area contributed by atoms with Crippen molar-refractivity contribution in [1.29, 1.82) is 0 Å². The second kappa shape index (κ2) is 5.39. The maximum absolute atomic E-state index is 12.2. The zero-order valence-electron chi connectivity index (χ0n) is 12.4. The first kappa shape index (κ1) is 15.0. The molecule has 0 aromatic heterocycles. The first-order valence-corrected chi connectivity index (χ1v) is 7.18. The predicted molar refractivity (Wildman–Crippen MR) is 71.1 cm³/mol. The number of carbonyl (C=O) groups is 3. The summed E-state index contributed by atoms with van der Waals surface area (Å²) in [6, 6.07) is 0. The number of rotatable bonds is 5. The summed E-state index contributed by atoms with van der Waals surface area (Å²) < 4.78 is 20.5. The standard InChI is InChI=1S/C15H18O7/c1-6(2)13(16)21-11-7-4-8-10(15(18)22-12(8)11)9(7)14(17)20-5-19-3/h7-12H,1,4-5H2,2-3H3. The summed E-state index contributed by atoms with van der Waals surface area (Å²) in [5.41, 5.74) is 0.266. The Morgan fingerprint density at radius 1 is 1.36 bits per heavy atom.